The van der Waals surface area contributed by atoms with Gasteiger partial charge in [0.1, 0.15) is 6.04 Å². The Morgan fingerprint density at radius 2 is 1.81 bits per heavy atom. The lowest BCUT2D eigenvalue weighted by Crippen LogP contribution is -2.41. The van der Waals surface area contributed by atoms with E-state index in [1.807, 2.05) is 0 Å². The highest BCUT2D eigenvalue weighted by Crippen LogP contribution is 2.11. The summed E-state index contributed by atoms with van der Waals surface area (Å²) in [7, 11) is 0. The van der Waals surface area contributed by atoms with E-state index in [1.165, 1.54) is 0 Å². The molecule has 0 spiro atoms. The van der Waals surface area contributed by atoms with Crippen LogP contribution in [0.25, 0.3) is 0 Å². The molecule has 1 unspecified atom stereocenters. The predicted molar refractivity (Wildman–Crippen MR) is 57.3 cm³/mol. The van der Waals surface area contributed by atoms with E-state index >= 15 is 0 Å². The SMILES string of the molecule is [NH]C(=O)C(NC(=O)C(=N)N)c1ccccc1. The van der Waals surface area contributed by atoms with E-state index in [9.17, 15) is 9.59 Å². The van der Waals surface area contributed by atoms with Crippen molar-refractivity contribution in [2.75, 3.05) is 0 Å². The molecule has 0 aliphatic carbocycles. The van der Waals surface area contributed by atoms with Crippen molar-refractivity contribution in [3.63, 3.8) is 0 Å². The first kappa shape index (κ1) is 11.7. The van der Waals surface area contributed by atoms with Gasteiger partial charge in [-0.1, -0.05) is 30.3 Å². The van der Waals surface area contributed by atoms with Gasteiger partial charge in [0.15, 0.2) is 5.84 Å². The summed E-state index contributed by atoms with van der Waals surface area (Å²) >= 11 is 0. The number of carbonyl (C=O) groups excluding carboxylic acids is 2. The molecule has 0 aliphatic rings. The number of hydrogen-bond donors (Lipinski definition) is 3. The average molecular weight is 219 g/mol. The summed E-state index contributed by atoms with van der Waals surface area (Å²) in [6.07, 6.45) is 0. The zero-order valence-corrected chi connectivity index (χ0v) is 8.36. The topological polar surface area (TPSA) is 120 Å². The van der Waals surface area contributed by atoms with E-state index in [1.54, 1.807) is 30.3 Å². The van der Waals surface area contributed by atoms with Crippen molar-refractivity contribution in [2.45, 2.75) is 6.04 Å². The fourth-order valence-corrected chi connectivity index (χ4v) is 1.15. The van der Waals surface area contributed by atoms with Crippen molar-refractivity contribution in [1.29, 1.82) is 5.41 Å². The second kappa shape index (κ2) is 4.92. The highest BCUT2D eigenvalue weighted by Gasteiger charge is 2.21. The number of carbonyl (C=O) groups is 2. The third kappa shape index (κ3) is 2.81. The standard InChI is InChI=1S/C10H11N4O2/c11-8(12)10(16)14-7(9(13)15)6-4-2-1-3-5-6/h1-5,7,13H,(H3,11,12)(H,14,16). The molecule has 6 heteroatoms. The molecule has 83 valence electrons. The van der Waals surface area contributed by atoms with E-state index in [-0.39, 0.29) is 0 Å². The zero-order chi connectivity index (χ0) is 12.1. The molecule has 1 rings (SSSR count). The Kier molecular flexibility index (Phi) is 3.60. The fourth-order valence-electron chi connectivity index (χ4n) is 1.15. The first-order chi connectivity index (χ1) is 7.52. The molecule has 1 atom stereocenters. The second-order valence-corrected chi connectivity index (χ2v) is 3.10. The van der Waals surface area contributed by atoms with Gasteiger partial charge in [0.05, 0.1) is 0 Å². The Morgan fingerprint density at radius 3 is 2.25 bits per heavy atom. The maximum absolute atomic E-state index is 11.1. The fraction of sp³-hybridized carbons (Fsp3) is 0.100. The summed E-state index contributed by atoms with van der Waals surface area (Å²) in [5, 5.41) is 9.10. The third-order valence-corrected chi connectivity index (χ3v) is 1.92. The van der Waals surface area contributed by atoms with Gasteiger partial charge in [0, 0.05) is 0 Å². The Morgan fingerprint density at radius 1 is 1.25 bits per heavy atom. The molecule has 6 nitrogen and oxygen atoms in total. The molecule has 0 aliphatic heterocycles. The first-order valence-electron chi connectivity index (χ1n) is 4.47. The van der Waals surface area contributed by atoms with Crippen molar-refractivity contribution in [3.8, 4) is 0 Å². The highest BCUT2D eigenvalue weighted by atomic mass is 16.2. The molecule has 0 aromatic heterocycles. The Hall–Kier alpha value is -2.37. The van der Waals surface area contributed by atoms with Crippen LogP contribution in [0, 0.1) is 5.41 Å². The molecule has 0 saturated carbocycles. The smallest absolute Gasteiger partial charge is 0.286 e. The van der Waals surface area contributed by atoms with E-state index in [0.717, 1.165) is 0 Å². The Bertz CT molecular complexity index is 416. The van der Waals surface area contributed by atoms with Crippen LogP contribution in [0.3, 0.4) is 0 Å². The molecule has 0 saturated heterocycles. The summed E-state index contributed by atoms with van der Waals surface area (Å²) in [5.74, 6) is -2.52. The van der Waals surface area contributed by atoms with Gasteiger partial charge in [-0.25, -0.2) is 0 Å². The Balaban J connectivity index is 2.89. The molecule has 16 heavy (non-hydrogen) atoms. The number of hydrogen-bond acceptors (Lipinski definition) is 3. The second-order valence-electron chi connectivity index (χ2n) is 3.10. The minimum Gasteiger partial charge on any atom is -0.380 e. The monoisotopic (exact) mass is 219 g/mol. The van der Waals surface area contributed by atoms with Gasteiger partial charge in [0.25, 0.3) is 11.8 Å². The number of benzene rings is 1. The van der Waals surface area contributed by atoms with Crippen molar-refractivity contribution in [2.24, 2.45) is 5.73 Å². The number of nitrogens with two attached hydrogens (primary N) is 1. The van der Waals surface area contributed by atoms with Crippen molar-refractivity contribution < 1.29 is 9.59 Å². The summed E-state index contributed by atoms with van der Waals surface area (Å²) in [6.45, 7) is 0. The quantitative estimate of drug-likeness (QED) is 0.473. The van der Waals surface area contributed by atoms with Crippen molar-refractivity contribution in [1.82, 2.24) is 11.1 Å². The van der Waals surface area contributed by atoms with Crippen LogP contribution in [-0.4, -0.2) is 17.6 Å². The van der Waals surface area contributed by atoms with E-state index in [0.29, 0.717) is 5.56 Å². The molecular weight excluding hydrogens is 208 g/mol. The lowest BCUT2D eigenvalue weighted by atomic mass is 10.1. The van der Waals surface area contributed by atoms with Crippen LogP contribution in [0.1, 0.15) is 11.6 Å². The van der Waals surface area contributed by atoms with Crippen LogP contribution >= 0.6 is 0 Å². The zero-order valence-electron chi connectivity index (χ0n) is 8.36. The summed E-state index contributed by atoms with van der Waals surface area (Å²) in [6, 6.07) is 7.25. The van der Waals surface area contributed by atoms with E-state index in [4.69, 9.17) is 16.9 Å². The first-order valence-corrected chi connectivity index (χ1v) is 4.47. The summed E-state index contributed by atoms with van der Waals surface area (Å²) in [5.41, 5.74) is 12.5. The molecule has 0 bridgehead atoms. The molecule has 1 radical (unpaired) electrons. The van der Waals surface area contributed by atoms with Gasteiger partial charge in [-0.2, -0.15) is 0 Å². The lowest BCUT2D eigenvalue weighted by Gasteiger charge is -2.14. The van der Waals surface area contributed by atoms with Crippen LogP contribution in [0.4, 0.5) is 0 Å². The number of rotatable bonds is 3. The summed E-state index contributed by atoms with van der Waals surface area (Å²) in [4.78, 5) is 22.2. The minimum atomic E-state index is -1.09. The lowest BCUT2D eigenvalue weighted by molar-refractivity contribution is -0.124. The molecule has 5 N–H and O–H groups in total. The van der Waals surface area contributed by atoms with Crippen molar-refractivity contribution >= 4 is 17.6 Å². The van der Waals surface area contributed by atoms with Gasteiger partial charge in [-0.05, 0) is 5.56 Å². The van der Waals surface area contributed by atoms with E-state index < -0.39 is 23.7 Å². The largest absolute Gasteiger partial charge is 0.380 e. The average Bonchev–Trinajstić information content (AvgIpc) is 2.26. The molecule has 0 heterocycles. The molecule has 2 amide bonds. The highest BCUT2D eigenvalue weighted by molar-refractivity contribution is 6.36. The maximum Gasteiger partial charge on any atom is 0.286 e. The van der Waals surface area contributed by atoms with Crippen LogP contribution in [0.2, 0.25) is 0 Å². The third-order valence-electron chi connectivity index (χ3n) is 1.92. The molecule has 1 aromatic rings. The Labute approximate surface area is 92.1 Å². The number of nitrogens with one attached hydrogen (secondary N) is 3. The van der Waals surface area contributed by atoms with Gasteiger partial charge in [0.2, 0.25) is 0 Å². The molecular formula is C10H11N4O2. The molecule has 0 fully saturated rings. The number of amidine groups is 1. The van der Waals surface area contributed by atoms with Gasteiger partial charge < -0.3 is 11.1 Å². The van der Waals surface area contributed by atoms with Crippen LogP contribution in [0.5, 0.6) is 0 Å². The van der Waals surface area contributed by atoms with Crippen LogP contribution in [-0.2, 0) is 9.59 Å². The maximum atomic E-state index is 11.1. The van der Waals surface area contributed by atoms with Gasteiger partial charge in [-0.3, -0.25) is 20.7 Å². The minimum absolute atomic E-state index is 0.483. The molecule has 1 aromatic carbocycles. The van der Waals surface area contributed by atoms with E-state index in [2.05, 4.69) is 5.32 Å². The number of amides is 2. The van der Waals surface area contributed by atoms with Crippen molar-refractivity contribution in [3.05, 3.63) is 35.9 Å². The normalized spacial score (nSPS) is 11.5. The van der Waals surface area contributed by atoms with Gasteiger partial charge in [-0.15, -0.1) is 0 Å². The predicted octanol–water partition coefficient (Wildman–Crippen LogP) is -0.411. The van der Waals surface area contributed by atoms with Crippen LogP contribution < -0.4 is 16.8 Å². The van der Waals surface area contributed by atoms with Gasteiger partial charge >= 0.3 is 0 Å². The van der Waals surface area contributed by atoms with Crippen LogP contribution in [0.15, 0.2) is 30.3 Å². The summed E-state index contributed by atoms with van der Waals surface area (Å²) < 4.78 is 0.